The summed E-state index contributed by atoms with van der Waals surface area (Å²) in [5, 5.41) is 7.49. The van der Waals surface area contributed by atoms with Gasteiger partial charge < -0.3 is 19.5 Å². The first-order chi connectivity index (χ1) is 15.4. The number of amides is 2. The average Bonchev–Trinajstić information content (AvgIpc) is 3.21. The lowest BCUT2D eigenvalue weighted by atomic mass is 10.0. The summed E-state index contributed by atoms with van der Waals surface area (Å²) in [4.78, 5) is 36.2. The minimum Gasteiger partial charge on any atom is -0.368 e. The van der Waals surface area contributed by atoms with Gasteiger partial charge in [-0.3, -0.25) is 9.59 Å². The van der Waals surface area contributed by atoms with E-state index in [1.165, 1.54) is 0 Å². The van der Waals surface area contributed by atoms with Crippen molar-refractivity contribution in [3.8, 4) is 0 Å². The summed E-state index contributed by atoms with van der Waals surface area (Å²) in [6.07, 6.45) is 0.269. The first-order valence-corrected chi connectivity index (χ1v) is 10.8. The molecule has 2 amide bonds. The third kappa shape index (κ3) is 4.94. The molecule has 4 rings (SSSR count). The molecule has 3 aromatic rings. The minimum atomic E-state index is -0.409. The Balaban J connectivity index is 1.52. The zero-order valence-electron chi connectivity index (χ0n) is 18.5. The third-order valence-electron chi connectivity index (χ3n) is 5.27. The topological polar surface area (TPSA) is 110 Å². The molecule has 3 heterocycles. The van der Waals surface area contributed by atoms with Crippen LogP contribution in [-0.4, -0.2) is 57.6 Å². The van der Waals surface area contributed by atoms with Crippen molar-refractivity contribution in [3.05, 3.63) is 53.3 Å². The van der Waals surface area contributed by atoms with Crippen LogP contribution in [0.3, 0.4) is 0 Å². The minimum absolute atomic E-state index is 0.00674. The Morgan fingerprint density at radius 1 is 1.25 bits per heavy atom. The number of aromatic nitrogens is 3. The molecule has 1 aromatic carbocycles. The lowest BCUT2D eigenvalue weighted by Crippen LogP contribution is -2.42. The largest absolute Gasteiger partial charge is 0.368 e. The molecule has 1 N–H and O–H groups in total. The number of hydrogen-bond donors (Lipinski definition) is 1. The summed E-state index contributed by atoms with van der Waals surface area (Å²) in [6, 6.07) is 9.33. The van der Waals surface area contributed by atoms with Crippen molar-refractivity contribution >= 4 is 22.7 Å². The van der Waals surface area contributed by atoms with Crippen LogP contribution in [0, 0.1) is 6.92 Å². The number of nitrogens with zero attached hydrogens (tertiary/aromatic N) is 4. The Morgan fingerprint density at radius 3 is 2.81 bits per heavy atom. The molecule has 2 aromatic heterocycles. The van der Waals surface area contributed by atoms with E-state index in [4.69, 9.17) is 14.2 Å². The van der Waals surface area contributed by atoms with Crippen LogP contribution >= 0.6 is 0 Å². The van der Waals surface area contributed by atoms with Crippen molar-refractivity contribution in [2.24, 2.45) is 0 Å². The second kappa shape index (κ2) is 9.44. The Labute approximate surface area is 186 Å². The fourth-order valence-corrected chi connectivity index (χ4v) is 3.76. The molecule has 1 fully saturated rings. The van der Waals surface area contributed by atoms with Crippen LogP contribution in [0.5, 0.6) is 0 Å². The molecule has 9 heteroatoms. The molecule has 1 saturated heterocycles. The van der Waals surface area contributed by atoms with Crippen molar-refractivity contribution in [1.29, 1.82) is 0 Å². The fourth-order valence-electron chi connectivity index (χ4n) is 3.76. The number of hydrogen-bond acceptors (Lipinski definition) is 7. The van der Waals surface area contributed by atoms with Gasteiger partial charge in [0.25, 0.3) is 5.91 Å². The van der Waals surface area contributed by atoms with Crippen LogP contribution in [0.4, 0.5) is 0 Å². The normalized spacial score (nSPS) is 16.5. The number of rotatable bonds is 6. The first kappa shape index (κ1) is 21.9. The van der Waals surface area contributed by atoms with Crippen molar-refractivity contribution in [1.82, 2.24) is 25.3 Å². The number of ether oxygens (including phenoxy) is 1. The second-order valence-corrected chi connectivity index (χ2v) is 8.17. The molecule has 1 atom stereocenters. The van der Waals surface area contributed by atoms with E-state index < -0.39 is 6.10 Å². The van der Waals surface area contributed by atoms with Gasteiger partial charge in [-0.25, -0.2) is 4.98 Å². The maximum absolute atomic E-state index is 12.8. The highest BCUT2D eigenvalue weighted by atomic mass is 16.5. The molecule has 32 heavy (non-hydrogen) atoms. The fraction of sp³-hybridized carbons (Fsp3) is 0.435. The van der Waals surface area contributed by atoms with Gasteiger partial charge in [0.15, 0.2) is 5.82 Å². The van der Waals surface area contributed by atoms with Gasteiger partial charge in [0.2, 0.25) is 11.8 Å². The van der Waals surface area contributed by atoms with E-state index in [9.17, 15) is 9.59 Å². The van der Waals surface area contributed by atoms with Crippen LogP contribution in [0.15, 0.2) is 34.9 Å². The van der Waals surface area contributed by atoms with Gasteiger partial charge in [0.1, 0.15) is 6.10 Å². The molecule has 1 aliphatic rings. The van der Waals surface area contributed by atoms with E-state index in [0.29, 0.717) is 49.1 Å². The number of benzene rings is 1. The number of pyridine rings is 1. The van der Waals surface area contributed by atoms with Crippen LogP contribution < -0.4 is 5.32 Å². The van der Waals surface area contributed by atoms with Gasteiger partial charge in [-0.1, -0.05) is 23.4 Å². The molecule has 0 radical (unpaired) electrons. The summed E-state index contributed by atoms with van der Waals surface area (Å²) in [5.41, 5.74) is 1.92. The molecule has 0 bridgehead atoms. The zero-order chi connectivity index (χ0) is 22.7. The van der Waals surface area contributed by atoms with Crippen LogP contribution in [0.2, 0.25) is 0 Å². The SMILES string of the molecule is Cc1noc(CCC(=O)N2CCO[C@@H](c3cc(C(=O)NC(C)C)c4ccccc4n3)C2)n1. The standard InChI is InChI=1S/C23H27N5O4/c1-14(2)24-23(30)17-12-19(26-18-7-5-4-6-16(17)18)20-13-28(10-11-31-20)22(29)9-8-21-25-15(3)27-32-21/h4-7,12,14,20H,8-11,13H2,1-3H3,(H,24,30)/t20-/m1/s1. The number of aryl methyl sites for hydroxylation is 2. The van der Waals surface area contributed by atoms with Gasteiger partial charge >= 0.3 is 0 Å². The van der Waals surface area contributed by atoms with Gasteiger partial charge in [-0.2, -0.15) is 4.98 Å². The first-order valence-electron chi connectivity index (χ1n) is 10.8. The van der Waals surface area contributed by atoms with Gasteiger partial charge in [0, 0.05) is 30.8 Å². The van der Waals surface area contributed by atoms with E-state index in [1.54, 1.807) is 17.9 Å². The van der Waals surface area contributed by atoms with Gasteiger partial charge in [-0.15, -0.1) is 0 Å². The molecule has 168 valence electrons. The molecule has 0 spiro atoms. The lowest BCUT2D eigenvalue weighted by Gasteiger charge is -2.33. The summed E-state index contributed by atoms with van der Waals surface area (Å²) in [5.74, 6) is 0.849. The molecule has 1 aliphatic heterocycles. The highest BCUT2D eigenvalue weighted by molar-refractivity contribution is 6.06. The Morgan fingerprint density at radius 2 is 2.06 bits per heavy atom. The maximum atomic E-state index is 12.8. The molecule has 0 saturated carbocycles. The van der Waals surface area contributed by atoms with Crippen molar-refractivity contribution < 1.29 is 18.8 Å². The highest BCUT2D eigenvalue weighted by Gasteiger charge is 2.28. The van der Waals surface area contributed by atoms with Crippen molar-refractivity contribution in [3.63, 3.8) is 0 Å². The van der Waals surface area contributed by atoms with Crippen LogP contribution in [-0.2, 0) is 16.0 Å². The quantitative estimate of drug-likeness (QED) is 0.631. The summed E-state index contributed by atoms with van der Waals surface area (Å²) in [7, 11) is 0. The van der Waals surface area contributed by atoms with E-state index in [1.807, 2.05) is 38.1 Å². The predicted molar refractivity (Wildman–Crippen MR) is 117 cm³/mol. The number of nitrogens with one attached hydrogen (secondary N) is 1. The monoisotopic (exact) mass is 437 g/mol. The Kier molecular flexibility index (Phi) is 6.45. The summed E-state index contributed by atoms with van der Waals surface area (Å²) in [6.45, 7) is 6.87. The van der Waals surface area contributed by atoms with E-state index in [0.717, 1.165) is 10.9 Å². The second-order valence-electron chi connectivity index (χ2n) is 8.17. The maximum Gasteiger partial charge on any atom is 0.252 e. The average molecular weight is 438 g/mol. The number of fused-ring (bicyclic) bond motifs is 1. The molecule has 0 aliphatic carbocycles. The van der Waals surface area contributed by atoms with E-state index in [-0.39, 0.29) is 24.3 Å². The predicted octanol–water partition coefficient (Wildman–Crippen LogP) is 2.60. The summed E-state index contributed by atoms with van der Waals surface area (Å²) < 4.78 is 11.0. The van der Waals surface area contributed by atoms with Crippen molar-refractivity contribution in [2.75, 3.05) is 19.7 Å². The highest BCUT2D eigenvalue weighted by Crippen LogP contribution is 2.26. The summed E-state index contributed by atoms with van der Waals surface area (Å²) >= 11 is 0. The smallest absolute Gasteiger partial charge is 0.252 e. The number of carbonyl (C=O) groups is 2. The van der Waals surface area contributed by atoms with Crippen molar-refractivity contribution in [2.45, 2.75) is 45.8 Å². The van der Waals surface area contributed by atoms with Crippen LogP contribution in [0.1, 0.15) is 54.1 Å². The molecular weight excluding hydrogens is 410 g/mol. The van der Waals surface area contributed by atoms with Crippen LogP contribution in [0.25, 0.3) is 10.9 Å². The van der Waals surface area contributed by atoms with E-state index in [2.05, 4.69) is 15.5 Å². The molecule has 0 unspecified atom stereocenters. The number of para-hydroxylation sites is 1. The molecular formula is C23H27N5O4. The number of carbonyl (C=O) groups excluding carboxylic acids is 2. The zero-order valence-corrected chi connectivity index (χ0v) is 18.5. The molecule has 9 nitrogen and oxygen atoms in total. The third-order valence-corrected chi connectivity index (χ3v) is 5.27. The van der Waals surface area contributed by atoms with Gasteiger partial charge in [0.05, 0.1) is 29.9 Å². The Bertz CT molecular complexity index is 1130. The lowest BCUT2D eigenvalue weighted by molar-refractivity contribution is -0.139. The Hall–Kier alpha value is -3.33. The van der Waals surface area contributed by atoms with Gasteiger partial charge in [-0.05, 0) is 32.9 Å². The number of morpholine rings is 1. The van der Waals surface area contributed by atoms with E-state index >= 15 is 0 Å².